The fourth-order valence-electron chi connectivity index (χ4n) is 1.97. The van der Waals surface area contributed by atoms with Crippen molar-refractivity contribution in [1.29, 1.82) is 0 Å². The molecule has 0 saturated heterocycles. The molecule has 7 nitrogen and oxygen atoms in total. The van der Waals surface area contributed by atoms with Crippen LogP contribution in [0.4, 0.5) is 0 Å². The third kappa shape index (κ3) is 5.90. The van der Waals surface area contributed by atoms with Crippen LogP contribution in [-0.2, 0) is 23.9 Å². The summed E-state index contributed by atoms with van der Waals surface area (Å²) in [6.07, 6.45) is -0.799. The van der Waals surface area contributed by atoms with E-state index in [1.165, 1.54) is 27.7 Å². The molecule has 7 heteroatoms. The Kier molecular flexibility index (Phi) is 6.44. The van der Waals surface area contributed by atoms with Crippen molar-refractivity contribution in [2.75, 3.05) is 6.54 Å². The summed E-state index contributed by atoms with van der Waals surface area (Å²) >= 11 is 0. The van der Waals surface area contributed by atoms with E-state index in [1.807, 2.05) is 0 Å². The lowest BCUT2D eigenvalue weighted by Gasteiger charge is -2.24. The number of carbonyl (C=O) groups is 4. The normalized spacial score (nSPS) is 11.3. The van der Waals surface area contributed by atoms with E-state index in [9.17, 15) is 19.2 Å². The fraction of sp³-hybridized carbons (Fsp3) is 0.375. The lowest BCUT2D eigenvalue weighted by Crippen LogP contribution is -2.37. The Hall–Kier alpha value is -2.70. The van der Waals surface area contributed by atoms with E-state index >= 15 is 0 Å². The summed E-state index contributed by atoms with van der Waals surface area (Å²) < 4.78 is 10.1. The molecule has 0 aliphatic heterocycles. The van der Waals surface area contributed by atoms with Crippen LogP contribution >= 0.6 is 0 Å². The van der Waals surface area contributed by atoms with Gasteiger partial charge in [0, 0.05) is 27.7 Å². The van der Waals surface area contributed by atoms with Crippen molar-refractivity contribution in [2.45, 2.75) is 33.8 Å². The van der Waals surface area contributed by atoms with E-state index in [-0.39, 0.29) is 6.54 Å². The highest BCUT2D eigenvalue weighted by molar-refractivity contribution is 5.92. The lowest BCUT2D eigenvalue weighted by atomic mass is 10.1. The number of ether oxygens (including phenoxy) is 2. The molecule has 0 aromatic heterocycles. The maximum absolute atomic E-state index is 11.5. The second-order valence-electron chi connectivity index (χ2n) is 4.91. The molecule has 1 rings (SSSR count). The van der Waals surface area contributed by atoms with Crippen molar-refractivity contribution in [3.63, 3.8) is 0 Å². The zero-order chi connectivity index (χ0) is 17.6. The van der Waals surface area contributed by atoms with Crippen LogP contribution in [0.3, 0.4) is 0 Å². The Labute approximate surface area is 134 Å². The first kappa shape index (κ1) is 18.3. The van der Waals surface area contributed by atoms with Gasteiger partial charge in [-0.3, -0.25) is 24.1 Å². The van der Waals surface area contributed by atoms with Crippen LogP contribution < -0.4 is 4.74 Å². The summed E-state index contributed by atoms with van der Waals surface area (Å²) in [6.45, 7) is 4.96. The molecule has 0 heterocycles. The topological polar surface area (TPSA) is 90.0 Å². The van der Waals surface area contributed by atoms with E-state index in [1.54, 1.807) is 24.3 Å². The Bertz CT molecular complexity index is 594. The number of benzene rings is 1. The number of carbonyl (C=O) groups excluding carboxylic acids is 4. The zero-order valence-electron chi connectivity index (χ0n) is 13.5. The van der Waals surface area contributed by atoms with Gasteiger partial charge in [0.1, 0.15) is 11.9 Å². The predicted octanol–water partition coefficient (Wildman–Crippen LogP) is 1.61. The molecule has 0 radical (unpaired) electrons. The van der Waals surface area contributed by atoms with Crippen molar-refractivity contribution >= 4 is 23.8 Å². The molecule has 0 bridgehead atoms. The maximum Gasteiger partial charge on any atom is 0.308 e. The SMILES string of the molecule is CC(=O)Oc1ccc(C(CN(C(C)=O)C(C)=O)OC(C)=O)cc1. The maximum atomic E-state index is 11.5. The summed E-state index contributed by atoms with van der Waals surface area (Å²) in [6, 6.07) is 6.28. The summed E-state index contributed by atoms with van der Waals surface area (Å²) in [5, 5.41) is 0. The van der Waals surface area contributed by atoms with Crippen molar-refractivity contribution in [3.05, 3.63) is 29.8 Å². The fourth-order valence-corrected chi connectivity index (χ4v) is 1.97. The highest BCUT2D eigenvalue weighted by atomic mass is 16.5. The van der Waals surface area contributed by atoms with E-state index in [0.717, 1.165) is 4.90 Å². The van der Waals surface area contributed by atoms with Crippen LogP contribution in [0.1, 0.15) is 39.4 Å². The van der Waals surface area contributed by atoms with Crippen LogP contribution in [0.2, 0.25) is 0 Å². The lowest BCUT2D eigenvalue weighted by molar-refractivity contribution is -0.153. The largest absolute Gasteiger partial charge is 0.456 e. The number of imide groups is 1. The molecule has 0 aliphatic rings. The van der Waals surface area contributed by atoms with Crippen molar-refractivity contribution in [2.24, 2.45) is 0 Å². The molecular weight excluding hydrogens is 302 g/mol. The quantitative estimate of drug-likeness (QED) is 0.604. The molecule has 0 aliphatic carbocycles. The van der Waals surface area contributed by atoms with Gasteiger partial charge in [0.2, 0.25) is 11.8 Å². The van der Waals surface area contributed by atoms with Gasteiger partial charge < -0.3 is 9.47 Å². The number of amides is 2. The standard InChI is InChI=1S/C16H19NO6/c1-10(18)17(11(2)19)9-16(23-13(4)21)14-5-7-15(8-6-14)22-12(3)20/h5-8,16H,9H2,1-4H3. The minimum absolute atomic E-state index is 0.0862. The Morgan fingerprint density at radius 1 is 0.913 bits per heavy atom. The first-order valence-corrected chi connectivity index (χ1v) is 6.95. The summed E-state index contributed by atoms with van der Waals surface area (Å²) in [7, 11) is 0. The van der Waals surface area contributed by atoms with Gasteiger partial charge in [0.05, 0.1) is 6.54 Å². The first-order valence-electron chi connectivity index (χ1n) is 6.95. The van der Waals surface area contributed by atoms with Gasteiger partial charge >= 0.3 is 11.9 Å². The molecule has 0 spiro atoms. The van der Waals surface area contributed by atoms with Crippen molar-refractivity contribution in [1.82, 2.24) is 4.90 Å². The van der Waals surface area contributed by atoms with Gasteiger partial charge in [-0.2, -0.15) is 0 Å². The second kappa shape index (κ2) is 8.07. The Balaban J connectivity index is 3.01. The minimum atomic E-state index is -0.799. The van der Waals surface area contributed by atoms with Gasteiger partial charge in [0.25, 0.3) is 0 Å². The predicted molar refractivity (Wildman–Crippen MR) is 80.3 cm³/mol. The zero-order valence-corrected chi connectivity index (χ0v) is 13.5. The monoisotopic (exact) mass is 321 g/mol. The number of esters is 2. The van der Waals surface area contributed by atoms with Crippen LogP contribution in [0.5, 0.6) is 5.75 Å². The van der Waals surface area contributed by atoms with Gasteiger partial charge in [-0.05, 0) is 17.7 Å². The van der Waals surface area contributed by atoms with Crippen LogP contribution in [0.25, 0.3) is 0 Å². The second-order valence-corrected chi connectivity index (χ2v) is 4.91. The van der Waals surface area contributed by atoms with Gasteiger partial charge in [0.15, 0.2) is 0 Å². The van der Waals surface area contributed by atoms with E-state index in [4.69, 9.17) is 9.47 Å². The molecule has 1 aromatic carbocycles. The molecule has 1 aromatic rings. The van der Waals surface area contributed by atoms with E-state index < -0.39 is 29.9 Å². The molecular formula is C16H19NO6. The Morgan fingerprint density at radius 3 is 1.83 bits per heavy atom. The Morgan fingerprint density at radius 2 is 1.43 bits per heavy atom. The van der Waals surface area contributed by atoms with Crippen LogP contribution in [0.15, 0.2) is 24.3 Å². The molecule has 1 unspecified atom stereocenters. The number of hydrogen-bond donors (Lipinski definition) is 0. The third-order valence-electron chi connectivity index (χ3n) is 2.93. The molecule has 1 atom stereocenters. The molecule has 23 heavy (non-hydrogen) atoms. The average molecular weight is 321 g/mol. The summed E-state index contributed by atoms with van der Waals surface area (Å²) in [5.74, 6) is -1.52. The van der Waals surface area contributed by atoms with E-state index in [2.05, 4.69) is 0 Å². The van der Waals surface area contributed by atoms with Crippen molar-refractivity contribution in [3.8, 4) is 5.75 Å². The first-order chi connectivity index (χ1) is 10.7. The molecule has 124 valence electrons. The highest BCUT2D eigenvalue weighted by Gasteiger charge is 2.23. The van der Waals surface area contributed by atoms with Gasteiger partial charge in [-0.25, -0.2) is 0 Å². The highest BCUT2D eigenvalue weighted by Crippen LogP contribution is 2.22. The van der Waals surface area contributed by atoms with Crippen molar-refractivity contribution < 1.29 is 28.7 Å². The molecule has 0 fully saturated rings. The van der Waals surface area contributed by atoms with Crippen LogP contribution in [0, 0.1) is 0 Å². The van der Waals surface area contributed by atoms with Gasteiger partial charge in [-0.15, -0.1) is 0 Å². The third-order valence-corrected chi connectivity index (χ3v) is 2.93. The molecule has 0 saturated carbocycles. The molecule has 2 amide bonds. The van der Waals surface area contributed by atoms with E-state index in [0.29, 0.717) is 11.3 Å². The average Bonchev–Trinajstić information content (AvgIpc) is 2.42. The van der Waals surface area contributed by atoms with Gasteiger partial charge in [-0.1, -0.05) is 12.1 Å². The smallest absolute Gasteiger partial charge is 0.308 e. The number of rotatable bonds is 5. The number of nitrogens with zero attached hydrogens (tertiary/aromatic N) is 1. The summed E-state index contributed by atoms with van der Waals surface area (Å²) in [5.41, 5.74) is 0.573. The number of hydrogen-bond acceptors (Lipinski definition) is 6. The molecule has 0 N–H and O–H groups in total. The van der Waals surface area contributed by atoms with Crippen LogP contribution in [-0.4, -0.2) is 35.2 Å². The minimum Gasteiger partial charge on any atom is -0.456 e. The summed E-state index contributed by atoms with van der Waals surface area (Å²) in [4.78, 5) is 46.2.